The van der Waals surface area contributed by atoms with Gasteiger partial charge in [-0.2, -0.15) is 0 Å². The second kappa shape index (κ2) is 5.75. The van der Waals surface area contributed by atoms with Gasteiger partial charge in [0, 0.05) is 17.8 Å². The number of H-pyrrole nitrogens is 1. The fourth-order valence-corrected chi connectivity index (χ4v) is 4.13. The summed E-state index contributed by atoms with van der Waals surface area (Å²) in [7, 11) is 0. The number of pyridine rings is 1. The van der Waals surface area contributed by atoms with Crippen molar-refractivity contribution < 1.29 is 0 Å². The first-order chi connectivity index (χ1) is 12.7. The van der Waals surface area contributed by atoms with Gasteiger partial charge in [0.05, 0.1) is 15.7 Å². The summed E-state index contributed by atoms with van der Waals surface area (Å²) in [6.07, 6.45) is 1.57. The molecule has 0 fully saturated rings. The number of rotatable bonds is 2. The fourth-order valence-electron chi connectivity index (χ4n) is 2.73. The van der Waals surface area contributed by atoms with Crippen LogP contribution in [0.1, 0.15) is 5.01 Å². The Morgan fingerprint density at radius 2 is 2.00 bits per heavy atom. The van der Waals surface area contributed by atoms with Crippen molar-refractivity contribution in [2.45, 2.75) is 6.92 Å². The molecule has 4 heterocycles. The van der Waals surface area contributed by atoms with Gasteiger partial charge in [-0.1, -0.05) is 17.4 Å². The van der Waals surface area contributed by atoms with Gasteiger partial charge in [-0.3, -0.25) is 4.79 Å². The van der Waals surface area contributed by atoms with E-state index in [0.717, 1.165) is 20.8 Å². The summed E-state index contributed by atoms with van der Waals surface area (Å²) >= 11 is 3.00. The van der Waals surface area contributed by atoms with Crippen molar-refractivity contribution in [3.8, 4) is 22.0 Å². The number of nitrogens with zero attached hydrogens (tertiary/aromatic N) is 5. The Bertz CT molecular complexity index is 1340. The van der Waals surface area contributed by atoms with Crippen molar-refractivity contribution in [3.63, 3.8) is 0 Å². The molecule has 1 aromatic carbocycles. The van der Waals surface area contributed by atoms with E-state index >= 15 is 0 Å². The monoisotopic (exact) mass is 378 g/mol. The van der Waals surface area contributed by atoms with Gasteiger partial charge < -0.3 is 4.98 Å². The second-order valence-electron chi connectivity index (χ2n) is 5.62. The zero-order chi connectivity index (χ0) is 17.7. The van der Waals surface area contributed by atoms with E-state index in [9.17, 15) is 4.79 Å². The molecule has 0 radical (unpaired) electrons. The lowest BCUT2D eigenvalue weighted by Crippen LogP contribution is -2.06. The summed E-state index contributed by atoms with van der Waals surface area (Å²) in [5, 5.41) is 9.81. The van der Waals surface area contributed by atoms with Crippen LogP contribution in [0.25, 0.3) is 43.3 Å². The zero-order valence-corrected chi connectivity index (χ0v) is 15.1. The normalized spacial score (nSPS) is 11.4. The first-order valence-electron chi connectivity index (χ1n) is 7.72. The van der Waals surface area contributed by atoms with Crippen LogP contribution < -0.4 is 5.43 Å². The predicted octanol–water partition coefficient (Wildman–Crippen LogP) is 3.42. The largest absolute Gasteiger partial charge is 0.345 e. The quantitative estimate of drug-likeness (QED) is 0.505. The highest BCUT2D eigenvalue weighted by molar-refractivity contribution is 7.16. The van der Waals surface area contributed by atoms with Gasteiger partial charge in [-0.25, -0.2) is 15.0 Å². The minimum absolute atomic E-state index is 0.175. The van der Waals surface area contributed by atoms with Crippen molar-refractivity contribution in [2.75, 3.05) is 0 Å². The SMILES string of the molecule is Cc1nnc(-c2nc3[nH]ccc(=O)c3nc2-c2ccc3ncsc3c2)s1. The summed E-state index contributed by atoms with van der Waals surface area (Å²) < 4.78 is 1.05. The van der Waals surface area contributed by atoms with E-state index in [1.807, 2.05) is 25.1 Å². The number of benzene rings is 1. The molecule has 0 aliphatic rings. The lowest BCUT2D eigenvalue weighted by molar-refractivity contribution is 1.05. The van der Waals surface area contributed by atoms with Gasteiger partial charge >= 0.3 is 0 Å². The molecule has 0 aliphatic heterocycles. The molecule has 0 atom stereocenters. The van der Waals surface area contributed by atoms with Crippen molar-refractivity contribution >= 4 is 44.1 Å². The van der Waals surface area contributed by atoms with Crippen LogP contribution in [0.4, 0.5) is 0 Å². The molecular formula is C17H10N6OS2. The lowest BCUT2D eigenvalue weighted by atomic mass is 10.1. The van der Waals surface area contributed by atoms with Crippen LogP contribution in [0.5, 0.6) is 0 Å². The molecule has 126 valence electrons. The number of aromatic nitrogens is 6. The summed E-state index contributed by atoms with van der Waals surface area (Å²) in [5.74, 6) is 0. The Morgan fingerprint density at radius 3 is 2.85 bits per heavy atom. The molecule has 7 nitrogen and oxygen atoms in total. The van der Waals surface area contributed by atoms with Crippen molar-refractivity contribution in [1.29, 1.82) is 0 Å². The number of aryl methyl sites for hydroxylation is 1. The summed E-state index contributed by atoms with van der Waals surface area (Å²) in [5.41, 5.74) is 5.38. The number of hydrogen-bond donors (Lipinski definition) is 1. The van der Waals surface area contributed by atoms with E-state index in [-0.39, 0.29) is 5.43 Å². The third-order valence-electron chi connectivity index (χ3n) is 3.92. The molecule has 0 bridgehead atoms. The molecule has 0 spiro atoms. The third kappa shape index (κ3) is 2.40. The van der Waals surface area contributed by atoms with Crippen molar-refractivity contribution in [3.05, 3.63) is 51.2 Å². The molecule has 5 aromatic rings. The van der Waals surface area contributed by atoms with Crippen LogP contribution >= 0.6 is 22.7 Å². The maximum absolute atomic E-state index is 12.2. The van der Waals surface area contributed by atoms with Gasteiger partial charge in [0.15, 0.2) is 16.2 Å². The lowest BCUT2D eigenvalue weighted by Gasteiger charge is -2.07. The Labute approximate surface area is 154 Å². The highest BCUT2D eigenvalue weighted by atomic mass is 32.1. The van der Waals surface area contributed by atoms with E-state index in [0.29, 0.717) is 27.6 Å². The van der Waals surface area contributed by atoms with Crippen LogP contribution in [0.15, 0.2) is 40.8 Å². The molecule has 0 saturated carbocycles. The topological polar surface area (TPSA) is 97.3 Å². The fraction of sp³-hybridized carbons (Fsp3) is 0.0588. The Balaban J connectivity index is 1.86. The first kappa shape index (κ1) is 15.2. The van der Waals surface area contributed by atoms with Gasteiger partial charge in [0.2, 0.25) is 5.43 Å². The number of fused-ring (bicyclic) bond motifs is 2. The van der Waals surface area contributed by atoms with Crippen LogP contribution in [0.3, 0.4) is 0 Å². The maximum atomic E-state index is 12.2. The van der Waals surface area contributed by atoms with Crippen molar-refractivity contribution in [1.82, 2.24) is 30.1 Å². The molecule has 26 heavy (non-hydrogen) atoms. The zero-order valence-electron chi connectivity index (χ0n) is 13.4. The van der Waals surface area contributed by atoms with Crippen LogP contribution in [0.2, 0.25) is 0 Å². The van der Waals surface area contributed by atoms with E-state index < -0.39 is 0 Å². The standard InChI is InChI=1S/C17H10N6OS2/c1-8-22-23-17(26-8)15-13(9-2-3-10-12(6-9)25-7-19-10)20-14-11(24)4-5-18-16(14)21-15/h2-7H,1H3,(H,18,21,24). The van der Waals surface area contributed by atoms with Crippen LogP contribution in [0, 0.1) is 6.92 Å². The molecular weight excluding hydrogens is 368 g/mol. The summed E-state index contributed by atoms with van der Waals surface area (Å²) in [4.78, 5) is 28.8. The predicted molar refractivity (Wildman–Crippen MR) is 102 cm³/mol. The maximum Gasteiger partial charge on any atom is 0.209 e. The molecule has 4 aromatic heterocycles. The van der Waals surface area contributed by atoms with Crippen LogP contribution in [-0.4, -0.2) is 30.1 Å². The molecule has 5 rings (SSSR count). The number of nitrogens with one attached hydrogen (secondary N) is 1. The number of aromatic amines is 1. The van der Waals surface area contributed by atoms with Gasteiger partial charge in [-0.15, -0.1) is 21.5 Å². The summed E-state index contributed by atoms with van der Waals surface area (Å²) in [6, 6.07) is 7.34. The highest BCUT2D eigenvalue weighted by Gasteiger charge is 2.18. The van der Waals surface area contributed by atoms with E-state index in [2.05, 4.69) is 30.1 Å². The minimum Gasteiger partial charge on any atom is -0.345 e. The molecule has 0 unspecified atom stereocenters. The molecule has 9 heteroatoms. The van der Waals surface area contributed by atoms with E-state index in [1.54, 1.807) is 23.0 Å². The number of hydrogen-bond acceptors (Lipinski definition) is 8. The third-order valence-corrected chi connectivity index (χ3v) is 5.55. The van der Waals surface area contributed by atoms with Gasteiger partial charge in [0.1, 0.15) is 16.4 Å². The molecule has 0 aliphatic carbocycles. The van der Waals surface area contributed by atoms with E-state index in [4.69, 9.17) is 0 Å². The molecule has 1 N–H and O–H groups in total. The second-order valence-corrected chi connectivity index (χ2v) is 7.69. The molecule has 0 amide bonds. The summed E-state index contributed by atoms with van der Waals surface area (Å²) in [6.45, 7) is 1.89. The Kier molecular flexibility index (Phi) is 3.37. The Morgan fingerprint density at radius 1 is 1.08 bits per heavy atom. The molecule has 0 saturated heterocycles. The van der Waals surface area contributed by atoms with Gasteiger partial charge in [-0.05, 0) is 19.1 Å². The van der Waals surface area contributed by atoms with E-state index in [1.165, 1.54) is 17.4 Å². The average molecular weight is 378 g/mol. The van der Waals surface area contributed by atoms with Crippen LogP contribution in [-0.2, 0) is 0 Å². The first-order valence-corrected chi connectivity index (χ1v) is 9.42. The van der Waals surface area contributed by atoms with Gasteiger partial charge in [0.25, 0.3) is 0 Å². The number of thiazole rings is 1. The average Bonchev–Trinajstić information content (AvgIpc) is 3.29. The highest BCUT2D eigenvalue weighted by Crippen LogP contribution is 2.33. The Hall–Kier alpha value is -3.04. The van der Waals surface area contributed by atoms with Crippen molar-refractivity contribution in [2.24, 2.45) is 0 Å². The minimum atomic E-state index is -0.175. The smallest absolute Gasteiger partial charge is 0.209 e.